The predicted octanol–water partition coefficient (Wildman–Crippen LogP) is 2.83. The van der Waals surface area contributed by atoms with Crippen molar-refractivity contribution in [3.05, 3.63) is 30.1 Å². The molecule has 96 valence electrons. The van der Waals surface area contributed by atoms with E-state index < -0.39 is 0 Å². The summed E-state index contributed by atoms with van der Waals surface area (Å²) in [5.74, 6) is 1.13. The molecule has 1 aromatic heterocycles. The molecular formula is C15H21N3. The van der Waals surface area contributed by atoms with Gasteiger partial charge in [-0.05, 0) is 45.0 Å². The second-order valence-corrected chi connectivity index (χ2v) is 5.20. The molecule has 2 heterocycles. The van der Waals surface area contributed by atoms with Gasteiger partial charge in [0, 0.05) is 13.1 Å². The van der Waals surface area contributed by atoms with Crippen LogP contribution in [0.5, 0.6) is 0 Å². The van der Waals surface area contributed by atoms with Crippen molar-refractivity contribution < 1.29 is 0 Å². The normalized spacial score (nSPS) is 17.4. The molecule has 0 N–H and O–H groups in total. The lowest BCUT2D eigenvalue weighted by atomic mass is 10.1. The number of para-hydroxylation sites is 2. The van der Waals surface area contributed by atoms with Crippen molar-refractivity contribution in [1.82, 2.24) is 14.5 Å². The lowest BCUT2D eigenvalue weighted by molar-refractivity contribution is 0.221. The Kier molecular flexibility index (Phi) is 3.33. The summed E-state index contributed by atoms with van der Waals surface area (Å²) in [6.07, 6.45) is 4.14. The Morgan fingerprint density at radius 2 is 1.83 bits per heavy atom. The zero-order valence-electron chi connectivity index (χ0n) is 11.1. The minimum Gasteiger partial charge on any atom is -0.327 e. The lowest BCUT2D eigenvalue weighted by Crippen LogP contribution is -2.32. The first-order valence-electron chi connectivity index (χ1n) is 6.99. The number of likely N-dealkylation sites (tertiary alicyclic amines) is 1. The van der Waals surface area contributed by atoms with Crippen molar-refractivity contribution in [3.63, 3.8) is 0 Å². The smallest absolute Gasteiger partial charge is 0.106 e. The fourth-order valence-corrected chi connectivity index (χ4v) is 2.90. The number of hydrogen-bond acceptors (Lipinski definition) is 2. The van der Waals surface area contributed by atoms with Crippen LogP contribution in [0, 0.1) is 6.92 Å². The van der Waals surface area contributed by atoms with Gasteiger partial charge in [0.15, 0.2) is 0 Å². The molecule has 0 atom stereocenters. The largest absolute Gasteiger partial charge is 0.327 e. The maximum absolute atomic E-state index is 4.62. The van der Waals surface area contributed by atoms with Gasteiger partial charge in [-0.1, -0.05) is 18.6 Å². The summed E-state index contributed by atoms with van der Waals surface area (Å²) < 4.78 is 2.35. The minimum atomic E-state index is 1.06. The molecule has 3 rings (SSSR count). The van der Waals surface area contributed by atoms with Crippen LogP contribution in [-0.2, 0) is 6.54 Å². The first-order chi connectivity index (χ1) is 8.84. The van der Waals surface area contributed by atoms with Crippen LogP contribution < -0.4 is 0 Å². The highest BCUT2D eigenvalue weighted by Gasteiger charge is 2.11. The highest BCUT2D eigenvalue weighted by Crippen LogP contribution is 2.16. The Morgan fingerprint density at radius 1 is 1.06 bits per heavy atom. The number of piperidine rings is 1. The van der Waals surface area contributed by atoms with E-state index in [1.54, 1.807) is 0 Å². The zero-order chi connectivity index (χ0) is 12.4. The molecule has 1 aliphatic heterocycles. The topological polar surface area (TPSA) is 21.1 Å². The van der Waals surface area contributed by atoms with Gasteiger partial charge >= 0.3 is 0 Å². The molecule has 3 heteroatoms. The summed E-state index contributed by atoms with van der Waals surface area (Å²) in [6.45, 7) is 6.86. The third-order valence-electron chi connectivity index (χ3n) is 3.93. The number of aromatic nitrogens is 2. The highest BCUT2D eigenvalue weighted by molar-refractivity contribution is 5.75. The van der Waals surface area contributed by atoms with Crippen LogP contribution in [0.4, 0.5) is 0 Å². The third-order valence-corrected chi connectivity index (χ3v) is 3.93. The van der Waals surface area contributed by atoms with E-state index in [0.717, 1.165) is 24.4 Å². The van der Waals surface area contributed by atoms with E-state index in [1.807, 2.05) is 0 Å². The van der Waals surface area contributed by atoms with Gasteiger partial charge in [0.25, 0.3) is 0 Å². The summed E-state index contributed by atoms with van der Waals surface area (Å²) in [4.78, 5) is 7.20. The molecule has 1 aliphatic rings. The lowest BCUT2D eigenvalue weighted by Gasteiger charge is -2.26. The Bertz CT molecular complexity index is 524. The van der Waals surface area contributed by atoms with Crippen molar-refractivity contribution >= 4 is 11.0 Å². The summed E-state index contributed by atoms with van der Waals surface area (Å²) in [7, 11) is 0. The second kappa shape index (κ2) is 5.11. The van der Waals surface area contributed by atoms with E-state index in [0.29, 0.717) is 0 Å². The van der Waals surface area contributed by atoms with Crippen LogP contribution in [-0.4, -0.2) is 34.1 Å². The van der Waals surface area contributed by atoms with Gasteiger partial charge in [-0.3, -0.25) is 0 Å². The molecule has 0 unspecified atom stereocenters. The predicted molar refractivity (Wildman–Crippen MR) is 74.8 cm³/mol. The average molecular weight is 243 g/mol. The van der Waals surface area contributed by atoms with Crippen LogP contribution in [0.15, 0.2) is 24.3 Å². The maximum atomic E-state index is 4.62. The fraction of sp³-hybridized carbons (Fsp3) is 0.533. The van der Waals surface area contributed by atoms with Crippen molar-refractivity contribution in [3.8, 4) is 0 Å². The Hall–Kier alpha value is -1.35. The Balaban J connectivity index is 1.75. The Morgan fingerprint density at radius 3 is 2.67 bits per heavy atom. The number of nitrogens with zero attached hydrogens (tertiary/aromatic N) is 3. The van der Waals surface area contributed by atoms with Gasteiger partial charge in [0.05, 0.1) is 11.0 Å². The number of imidazole rings is 1. The monoisotopic (exact) mass is 243 g/mol. The van der Waals surface area contributed by atoms with E-state index in [1.165, 1.54) is 37.9 Å². The molecule has 0 radical (unpaired) electrons. The van der Waals surface area contributed by atoms with Gasteiger partial charge in [0.1, 0.15) is 5.82 Å². The van der Waals surface area contributed by atoms with Crippen molar-refractivity contribution in [1.29, 1.82) is 0 Å². The van der Waals surface area contributed by atoms with E-state index in [2.05, 4.69) is 45.6 Å². The van der Waals surface area contributed by atoms with E-state index in [9.17, 15) is 0 Å². The van der Waals surface area contributed by atoms with E-state index in [-0.39, 0.29) is 0 Å². The highest BCUT2D eigenvalue weighted by atomic mass is 15.2. The number of benzene rings is 1. The van der Waals surface area contributed by atoms with E-state index in [4.69, 9.17) is 0 Å². The number of fused-ring (bicyclic) bond motifs is 1. The molecule has 0 spiro atoms. The van der Waals surface area contributed by atoms with Crippen molar-refractivity contribution in [2.75, 3.05) is 19.6 Å². The second-order valence-electron chi connectivity index (χ2n) is 5.20. The summed E-state index contributed by atoms with van der Waals surface area (Å²) in [5, 5.41) is 0. The standard InChI is InChI=1S/C15H21N3/c1-13-16-14-7-3-4-8-15(14)18(13)12-11-17-9-5-2-6-10-17/h3-4,7-8H,2,5-6,9-12H2,1H3. The van der Waals surface area contributed by atoms with Crippen molar-refractivity contribution in [2.24, 2.45) is 0 Å². The van der Waals surface area contributed by atoms with Gasteiger partial charge in [-0.25, -0.2) is 4.98 Å². The molecule has 2 aromatic rings. The van der Waals surface area contributed by atoms with E-state index >= 15 is 0 Å². The first-order valence-corrected chi connectivity index (χ1v) is 6.99. The molecular weight excluding hydrogens is 222 g/mol. The number of hydrogen-bond donors (Lipinski definition) is 0. The summed E-state index contributed by atoms with van der Waals surface area (Å²) in [5.41, 5.74) is 2.39. The summed E-state index contributed by atoms with van der Waals surface area (Å²) in [6, 6.07) is 8.43. The number of aryl methyl sites for hydroxylation is 1. The summed E-state index contributed by atoms with van der Waals surface area (Å²) >= 11 is 0. The van der Waals surface area contributed by atoms with Crippen LogP contribution in [0.2, 0.25) is 0 Å². The molecule has 0 bridgehead atoms. The van der Waals surface area contributed by atoms with Gasteiger partial charge < -0.3 is 9.47 Å². The molecule has 0 amide bonds. The van der Waals surface area contributed by atoms with Crippen LogP contribution in [0.25, 0.3) is 11.0 Å². The molecule has 3 nitrogen and oxygen atoms in total. The van der Waals surface area contributed by atoms with Crippen LogP contribution in [0.3, 0.4) is 0 Å². The molecule has 1 fully saturated rings. The molecule has 0 aliphatic carbocycles. The van der Waals surface area contributed by atoms with Crippen LogP contribution in [0.1, 0.15) is 25.1 Å². The average Bonchev–Trinajstić information content (AvgIpc) is 2.73. The number of rotatable bonds is 3. The third kappa shape index (κ3) is 2.27. The molecule has 1 aromatic carbocycles. The SMILES string of the molecule is Cc1nc2ccccc2n1CCN1CCCCC1. The van der Waals surface area contributed by atoms with Gasteiger partial charge in [-0.2, -0.15) is 0 Å². The molecule has 1 saturated heterocycles. The maximum Gasteiger partial charge on any atom is 0.106 e. The first kappa shape index (κ1) is 11.7. The zero-order valence-corrected chi connectivity index (χ0v) is 11.1. The van der Waals surface area contributed by atoms with Crippen molar-refractivity contribution in [2.45, 2.75) is 32.7 Å². The molecule has 18 heavy (non-hydrogen) atoms. The quantitative estimate of drug-likeness (QED) is 0.826. The fourth-order valence-electron chi connectivity index (χ4n) is 2.90. The van der Waals surface area contributed by atoms with Gasteiger partial charge in [0.2, 0.25) is 0 Å². The minimum absolute atomic E-state index is 1.06. The van der Waals surface area contributed by atoms with Crippen LogP contribution >= 0.6 is 0 Å². The Labute approximate surface area is 108 Å². The van der Waals surface area contributed by atoms with Gasteiger partial charge in [-0.15, -0.1) is 0 Å². The molecule has 0 saturated carbocycles.